The van der Waals surface area contributed by atoms with Crippen molar-refractivity contribution in [2.45, 2.75) is 33.6 Å². The van der Waals surface area contributed by atoms with E-state index in [1.807, 2.05) is 20.8 Å². The standard InChI is InChI=1S/C9H17O3/c1-9(2,3)8(11)12-7-5-4-6-10/h4-7H2,1-3H3. The minimum atomic E-state index is -0.433. The van der Waals surface area contributed by atoms with Crippen LogP contribution in [-0.4, -0.2) is 19.2 Å². The van der Waals surface area contributed by atoms with Gasteiger partial charge in [-0.15, -0.1) is 0 Å². The first-order chi connectivity index (χ1) is 5.48. The molecule has 0 aromatic carbocycles. The van der Waals surface area contributed by atoms with Gasteiger partial charge in [0.2, 0.25) is 0 Å². The third kappa shape index (κ3) is 5.13. The molecule has 0 aromatic heterocycles. The number of carbonyl (C=O) groups excluding carboxylic acids is 1. The van der Waals surface area contributed by atoms with Crippen LogP contribution >= 0.6 is 0 Å². The van der Waals surface area contributed by atoms with E-state index in [-0.39, 0.29) is 12.6 Å². The number of hydrogen-bond acceptors (Lipinski definition) is 2. The zero-order valence-corrected chi connectivity index (χ0v) is 8.05. The highest BCUT2D eigenvalue weighted by atomic mass is 16.5. The SMILES string of the molecule is CC(C)(C)C(=O)OCCCC[O]. The van der Waals surface area contributed by atoms with Gasteiger partial charge in [-0.05, 0) is 33.6 Å². The van der Waals surface area contributed by atoms with E-state index in [2.05, 4.69) is 0 Å². The fourth-order valence-electron chi connectivity index (χ4n) is 0.585. The third-order valence-corrected chi connectivity index (χ3v) is 1.38. The highest BCUT2D eigenvalue weighted by Crippen LogP contribution is 2.15. The Bertz CT molecular complexity index is 135. The van der Waals surface area contributed by atoms with Crippen molar-refractivity contribution in [1.82, 2.24) is 0 Å². The van der Waals surface area contributed by atoms with Crippen LogP contribution in [0.3, 0.4) is 0 Å². The highest BCUT2D eigenvalue weighted by molar-refractivity contribution is 5.75. The van der Waals surface area contributed by atoms with Gasteiger partial charge in [-0.25, -0.2) is 5.11 Å². The fraction of sp³-hybridized carbons (Fsp3) is 0.889. The second-order valence-corrected chi connectivity index (χ2v) is 3.80. The monoisotopic (exact) mass is 173 g/mol. The lowest BCUT2D eigenvalue weighted by atomic mass is 9.97. The van der Waals surface area contributed by atoms with Crippen molar-refractivity contribution in [3.05, 3.63) is 0 Å². The summed E-state index contributed by atoms with van der Waals surface area (Å²) >= 11 is 0. The summed E-state index contributed by atoms with van der Waals surface area (Å²) in [6, 6.07) is 0. The maximum absolute atomic E-state index is 11.1. The van der Waals surface area contributed by atoms with Crippen LogP contribution in [0.5, 0.6) is 0 Å². The van der Waals surface area contributed by atoms with Gasteiger partial charge in [-0.2, -0.15) is 0 Å². The molecule has 0 aliphatic rings. The van der Waals surface area contributed by atoms with Crippen molar-refractivity contribution in [2.75, 3.05) is 13.2 Å². The Hall–Kier alpha value is -0.570. The summed E-state index contributed by atoms with van der Waals surface area (Å²) in [6.45, 7) is 5.71. The van der Waals surface area contributed by atoms with Crippen molar-refractivity contribution in [3.8, 4) is 0 Å². The van der Waals surface area contributed by atoms with E-state index in [1.165, 1.54) is 0 Å². The molecule has 12 heavy (non-hydrogen) atoms. The lowest BCUT2D eigenvalue weighted by Gasteiger charge is -2.16. The Morgan fingerprint density at radius 2 is 1.83 bits per heavy atom. The van der Waals surface area contributed by atoms with Crippen LogP contribution in [-0.2, 0) is 14.6 Å². The Balaban J connectivity index is 3.45. The van der Waals surface area contributed by atoms with Gasteiger partial charge in [-0.3, -0.25) is 4.79 Å². The molecule has 0 aliphatic carbocycles. The zero-order chi connectivity index (χ0) is 9.61. The molecule has 0 rings (SSSR count). The summed E-state index contributed by atoms with van der Waals surface area (Å²) in [7, 11) is 0. The maximum atomic E-state index is 11.1. The molecule has 0 spiro atoms. The number of esters is 1. The third-order valence-electron chi connectivity index (χ3n) is 1.38. The van der Waals surface area contributed by atoms with Gasteiger partial charge in [0.25, 0.3) is 0 Å². The molecule has 0 amide bonds. The molecule has 0 fully saturated rings. The topological polar surface area (TPSA) is 46.2 Å². The first kappa shape index (κ1) is 11.4. The van der Waals surface area contributed by atoms with Crippen molar-refractivity contribution >= 4 is 5.97 Å². The number of ether oxygens (including phenoxy) is 1. The van der Waals surface area contributed by atoms with Gasteiger partial charge < -0.3 is 4.74 Å². The number of unbranched alkanes of at least 4 members (excludes halogenated alkanes) is 1. The molecule has 0 saturated carbocycles. The quantitative estimate of drug-likeness (QED) is 0.480. The fourth-order valence-corrected chi connectivity index (χ4v) is 0.585. The first-order valence-corrected chi connectivity index (χ1v) is 4.24. The number of carbonyl (C=O) groups is 1. The number of hydrogen-bond donors (Lipinski definition) is 0. The highest BCUT2D eigenvalue weighted by Gasteiger charge is 2.22. The molecule has 3 heteroatoms. The van der Waals surface area contributed by atoms with Gasteiger partial charge in [0.15, 0.2) is 0 Å². The van der Waals surface area contributed by atoms with Crippen molar-refractivity contribution in [1.29, 1.82) is 0 Å². The van der Waals surface area contributed by atoms with Gasteiger partial charge in [0.05, 0.1) is 18.6 Å². The minimum Gasteiger partial charge on any atom is -0.465 e. The van der Waals surface area contributed by atoms with Crippen LogP contribution in [0.4, 0.5) is 0 Å². The normalized spacial score (nSPS) is 11.3. The van der Waals surface area contributed by atoms with Gasteiger partial charge >= 0.3 is 5.97 Å². The van der Waals surface area contributed by atoms with Crippen LogP contribution < -0.4 is 0 Å². The van der Waals surface area contributed by atoms with Gasteiger partial charge in [-0.1, -0.05) is 0 Å². The van der Waals surface area contributed by atoms with E-state index in [0.29, 0.717) is 19.4 Å². The smallest absolute Gasteiger partial charge is 0.311 e. The molecule has 0 aliphatic heterocycles. The molecule has 3 nitrogen and oxygen atoms in total. The minimum absolute atomic E-state index is 0.0902. The summed E-state index contributed by atoms with van der Waals surface area (Å²) in [5.41, 5.74) is -0.433. The Morgan fingerprint density at radius 1 is 1.25 bits per heavy atom. The molecule has 0 bridgehead atoms. The summed E-state index contributed by atoms with van der Waals surface area (Å²) in [6.07, 6.45) is 1.25. The van der Waals surface area contributed by atoms with Gasteiger partial charge in [0, 0.05) is 0 Å². The van der Waals surface area contributed by atoms with E-state index in [4.69, 9.17) is 4.74 Å². The molecule has 71 valence electrons. The maximum Gasteiger partial charge on any atom is 0.311 e. The van der Waals surface area contributed by atoms with E-state index >= 15 is 0 Å². The summed E-state index contributed by atoms with van der Waals surface area (Å²) in [5, 5.41) is 10.0. The summed E-state index contributed by atoms with van der Waals surface area (Å²) < 4.78 is 4.93. The molecule has 0 heterocycles. The van der Waals surface area contributed by atoms with Crippen LogP contribution in [0.25, 0.3) is 0 Å². The van der Waals surface area contributed by atoms with Crippen molar-refractivity contribution in [2.24, 2.45) is 5.41 Å². The predicted octanol–water partition coefficient (Wildman–Crippen LogP) is 1.79. The molecule has 1 radical (unpaired) electrons. The zero-order valence-electron chi connectivity index (χ0n) is 8.05. The first-order valence-electron chi connectivity index (χ1n) is 4.24. The number of rotatable bonds is 4. The van der Waals surface area contributed by atoms with Crippen LogP contribution in [0.2, 0.25) is 0 Å². The lowest BCUT2D eigenvalue weighted by molar-refractivity contribution is -0.153. The average Bonchev–Trinajstić information content (AvgIpc) is 1.96. The Kier molecular flexibility index (Phi) is 4.90. The Morgan fingerprint density at radius 3 is 2.25 bits per heavy atom. The molecular formula is C9H17O3. The largest absolute Gasteiger partial charge is 0.465 e. The van der Waals surface area contributed by atoms with E-state index in [9.17, 15) is 9.90 Å². The van der Waals surface area contributed by atoms with Crippen LogP contribution in [0.1, 0.15) is 33.6 Å². The molecule has 0 saturated heterocycles. The van der Waals surface area contributed by atoms with Crippen LogP contribution in [0.15, 0.2) is 0 Å². The van der Waals surface area contributed by atoms with Crippen LogP contribution in [0, 0.1) is 5.41 Å². The second-order valence-electron chi connectivity index (χ2n) is 3.80. The Labute approximate surface area is 73.7 Å². The van der Waals surface area contributed by atoms with E-state index in [1.54, 1.807) is 0 Å². The average molecular weight is 173 g/mol. The predicted molar refractivity (Wildman–Crippen MR) is 45.2 cm³/mol. The molecular weight excluding hydrogens is 156 g/mol. The molecule has 0 unspecified atom stereocenters. The summed E-state index contributed by atoms with van der Waals surface area (Å²) in [4.78, 5) is 11.1. The van der Waals surface area contributed by atoms with E-state index in [0.717, 1.165) is 0 Å². The molecule has 0 atom stereocenters. The van der Waals surface area contributed by atoms with Gasteiger partial charge in [0.1, 0.15) is 0 Å². The molecule has 0 aromatic rings. The van der Waals surface area contributed by atoms with E-state index < -0.39 is 5.41 Å². The van der Waals surface area contributed by atoms with Crippen molar-refractivity contribution < 1.29 is 14.6 Å². The molecule has 0 N–H and O–H groups in total. The second kappa shape index (κ2) is 5.14. The van der Waals surface area contributed by atoms with Crippen molar-refractivity contribution in [3.63, 3.8) is 0 Å². The summed E-state index contributed by atoms with van der Waals surface area (Å²) in [5.74, 6) is -0.201. The lowest BCUT2D eigenvalue weighted by Crippen LogP contribution is -2.23.